The number of allylic oxidation sites excluding steroid dienone is 1. The first kappa shape index (κ1) is 9.36. The summed E-state index contributed by atoms with van der Waals surface area (Å²) in [5, 5.41) is 17.6. The van der Waals surface area contributed by atoms with Crippen LogP contribution in [0.15, 0.2) is 30.0 Å². The maximum absolute atomic E-state index is 8.94. The summed E-state index contributed by atoms with van der Waals surface area (Å²) < 4.78 is 0. The molecular formula is C11H8BN3. The van der Waals surface area contributed by atoms with E-state index in [4.69, 9.17) is 10.5 Å². The zero-order valence-corrected chi connectivity index (χ0v) is 8.14. The number of hydrogen-bond donors (Lipinski definition) is 0. The molecule has 0 bridgehead atoms. The molecule has 0 fully saturated rings. The van der Waals surface area contributed by atoms with E-state index in [0.29, 0.717) is 12.2 Å². The van der Waals surface area contributed by atoms with Crippen LogP contribution in [0.3, 0.4) is 0 Å². The summed E-state index contributed by atoms with van der Waals surface area (Å²) in [6.45, 7) is 0.642. The maximum atomic E-state index is 8.94. The Hall–Kier alpha value is -2.20. The van der Waals surface area contributed by atoms with E-state index in [9.17, 15) is 0 Å². The molecule has 0 saturated carbocycles. The van der Waals surface area contributed by atoms with Gasteiger partial charge in [0.15, 0.2) is 0 Å². The van der Waals surface area contributed by atoms with Crippen LogP contribution in [0.5, 0.6) is 0 Å². The molecule has 0 atom stereocenters. The fraction of sp³-hybridized carbons (Fsp3) is 0.0909. The number of rotatable bonds is 1. The number of nitrogens with zero attached hydrogens (tertiary/aromatic N) is 3. The highest BCUT2D eigenvalue weighted by Crippen LogP contribution is 2.22. The number of hydrogen-bond acceptors (Lipinski definition) is 3. The van der Waals surface area contributed by atoms with Crippen molar-refractivity contribution < 1.29 is 0 Å². The lowest BCUT2D eigenvalue weighted by Gasteiger charge is -2.25. The molecule has 2 rings (SSSR count). The van der Waals surface area contributed by atoms with E-state index >= 15 is 0 Å². The van der Waals surface area contributed by atoms with Crippen molar-refractivity contribution in [1.29, 1.82) is 10.5 Å². The van der Waals surface area contributed by atoms with Gasteiger partial charge in [-0.1, -0.05) is 24.3 Å². The second kappa shape index (κ2) is 3.90. The third-order valence-electron chi connectivity index (χ3n) is 2.43. The fourth-order valence-corrected chi connectivity index (χ4v) is 1.68. The summed E-state index contributed by atoms with van der Waals surface area (Å²) in [7, 11) is 0.258. The Morgan fingerprint density at radius 2 is 2.07 bits per heavy atom. The van der Waals surface area contributed by atoms with Crippen LogP contribution in [0.4, 0.5) is 0 Å². The molecule has 0 N–H and O–H groups in total. The summed E-state index contributed by atoms with van der Waals surface area (Å²) >= 11 is 0. The molecule has 0 spiro atoms. The summed E-state index contributed by atoms with van der Waals surface area (Å²) in [6, 6.07) is 10.0. The second-order valence-electron chi connectivity index (χ2n) is 3.35. The zero-order valence-electron chi connectivity index (χ0n) is 8.14. The molecule has 1 aliphatic heterocycles. The Kier molecular flexibility index (Phi) is 2.43. The van der Waals surface area contributed by atoms with E-state index in [1.165, 1.54) is 0 Å². The molecule has 3 nitrogen and oxygen atoms in total. The van der Waals surface area contributed by atoms with Gasteiger partial charge in [0, 0.05) is 12.5 Å². The molecule has 0 radical (unpaired) electrons. The van der Waals surface area contributed by atoms with Crippen LogP contribution in [0.2, 0.25) is 0 Å². The van der Waals surface area contributed by atoms with Crippen LogP contribution < -0.4 is 0 Å². The normalized spacial score (nSPS) is 13.2. The van der Waals surface area contributed by atoms with Crippen molar-refractivity contribution >= 4 is 13.5 Å². The quantitative estimate of drug-likeness (QED) is 0.629. The molecule has 1 aromatic carbocycles. The van der Waals surface area contributed by atoms with E-state index in [1.807, 2.05) is 30.3 Å². The molecule has 0 saturated heterocycles. The van der Waals surface area contributed by atoms with Gasteiger partial charge < -0.3 is 4.81 Å². The Bertz CT molecular complexity index is 493. The molecule has 1 heterocycles. The molecular weight excluding hydrogens is 185 g/mol. The summed E-state index contributed by atoms with van der Waals surface area (Å²) in [6.07, 6.45) is 1.83. The molecule has 1 aliphatic rings. The Morgan fingerprint density at radius 1 is 1.27 bits per heavy atom. The predicted molar refractivity (Wildman–Crippen MR) is 58.3 cm³/mol. The van der Waals surface area contributed by atoms with E-state index in [-0.39, 0.29) is 7.41 Å². The Balaban J connectivity index is 2.41. The highest BCUT2D eigenvalue weighted by Gasteiger charge is 2.17. The van der Waals surface area contributed by atoms with Gasteiger partial charge in [-0.3, -0.25) is 0 Å². The lowest BCUT2D eigenvalue weighted by atomic mass is 9.89. The van der Waals surface area contributed by atoms with Crippen molar-refractivity contribution in [1.82, 2.24) is 4.81 Å². The van der Waals surface area contributed by atoms with Gasteiger partial charge in [0.1, 0.15) is 11.8 Å². The first-order chi connectivity index (χ1) is 7.35. The summed E-state index contributed by atoms with van der Waals surface area (Å²) in [5.41, 5.74) is 2.80. The maximum Gasteiger partial charge on any atom is 0.361 e. The van der Waals surface area contributed by atoms with Gasteiger partial charge in [-0.25, -0.2) is 5.26 Å². The van der Waals surface area contributed by atoms with Gasteiger partial charge in [-0.05, 0) is 17.2 Å². The van der Waals surface area contributed by atoms with Crippen LogP contribution in [-0.2, 0) is 6.54 Å². The highest BCUT2D eigenvalue weighted by atomic mass is 15.1. The van der Waals surface area contributed by atoms with Crippen molar-refractivity contribution in [2.45, 2.75) is 6.54 Å². The lowest BCUT2D eigenvalue weighted by Crippen LogP contribution is -2.28. The van der Waals surface area contributed by atoms with Crippen molar-refractivity contribution in [2.75, 3.05) is 0 Å². The molecule has 0 unspecified atom stereocenters. The van der Waals surface area contributed by atoms with Crippen molar-refractivity contribution in [3.63, 3.8) is 0 Å². The minimum atomic E-state index is 0.258. The third kappa shape index (κ3) is 1.70. The molecule has 1 aromatic rings. The largest absolute Gasteiger partial charge is 0.392 e. The molecule has 4 heteroatoms. The topological polar surface area (TPSA) is 50.8 Å². The molecule has 70 valence electrons. The zero-order chi connectivity index (χ0) is 10.7. The number of fused-ring (bicyclic) bond motifs is 1. The van der Waals surface area contributed by atoms with Crippen LogP contribution in [-0.4, -0.2) is 12.2 Å². The number of benzene rings is 1. The van der Waals surface area contributed by atoms with E-state index < -0.39 is 0 Å². The Morgan fingerprint density at radius 3 is 2.80 bits per heavy atom. The smallest absolute Gasteiger partial charge is 0.361 e. The minimum absolute atomic E-state index is 0.258. The van der Waals surface area contributed by atoms with Gasteiger partial charge in [0.05, 0.1) is 0 Å². The molecule has 0 amide bonds. The van der Waals surface area contributed by atoms with Gasteiger partial charge in [0.25, 0.3) is 0 Å². The van der Waals surface area contributed by atoms with Gasteiger partial charge in [0.2, 0.25) is 0 Å². The summed E-state index contributed by atoms with van der Waals surface area (Å²) in [4.78, 5) is 1.78. The van der Waals surface area contributed by atoms with Crippen molar-refractivity contribution in [3.05, 3.63) is 41.1 Å². The summed E-state index contributed by atoms with van der Waals surface area (Å²) in [5.74, 6) is 2.07. The van der Waals surface area contributed by atoms with Gasteiger partial charge in [-0.2, -0.15) is 5.26 Å². The molecule has 0 aromatic heterocycles. The minimum Gasteiger partial charge on any atom is -0.392 e. The fourth-order valence-electron chi connectivity index (χ4n) is 1.68. The first-order valence-corrected chi connectivity index (χ1v) is 4.67. The van der Waals surface area contributed by atoms with Crippen molar-refractivity contribution in [2.24, 2.45) is 0 Å². The second-order valence-corrected chi connectivity index (χ2v) is 3.35. The van der Waals surface area contributed by atoms with E-state index in [0.717, 1.165) is 11.1 Å². The standard InChI is InChI=1S/C11H8BN3/c13-6-11-5-9-3-1-2-4-10(9)7-15(11)12-8-14/h1-5,12H,7H2. The van der Waals surface area contributed by atoms with E-state index in [2.05, 4.69) is 12.0 Å². The van der Waals surface area contributed by atoms with Crippen LogP contribution in [0, 0.1) is 22.6 Å². The van der Waals surface area contributed by atoms with Crippen LogP contribution in [0.25, 0.3) is 6.08 Å². The van der Waals surface area contributed by atoms with Crippen molar-refractivity contribution in [3.8, 4) is 12.0 Å². The predicted octanol–water partition coefficient (Wildman–Crippen LogP) is 1.20. The highest BCUT2D eigenvalue weighted by molar-refractivity contribution is 6.42. The number of nitriles is 2. The van der Waals surface area contributed by atoms with Gasteiger partial charge in [-0.15, -0.1) is 0 Å². The molecule has 0 aliphatic carbocycles. The van der Waals surface area contributed by atoms with Gasteiger partial charge >= 0.3 is 7.41 Å². The average Bonchev–Trinajstić information content (AvgIpc) is 2.28. The third-order valence-corrected chi connectivity index (χ3v) is 2.43. The molecule has 15 heavy (non-hydrogen) atoms. The van der Waals surface area contributed by atoms with Crippen LogP contribution >= 0.6 is 0 Å². The average molecular weight is 193 g/mol. The van der Waals surface area contributed by atoms with Crippen LogP contribution in [0.1, 0.15) is 11.1 Å². The monoisotopic (exact) mass is 193 g/mol. The first-order valence-electron chi connectivity index (χ1n) is 4.67. The SMILES string of the molecule is N#CBN1Cc2ccccc2C=C1C#N. The Labute approximate surface area is 89.1 Å². The lowest BCUT2D eigenvalue weighted by molar-refractivity contribution is 0.557. The van der Waals surface area contributed by atoms with E-state index in [1.54, 1.807) is 4.81 Å².